The summed E-state index contributed by atoms with van der Waals surface area (Å²) < 4.78 is 0. The molecule has 6 heterocycles. The van der Waals surface area contributed by atoms with Crippen LogP contribution in [0.2, 0.25) is 0 Å². The second kappa shape index (κ2) is 10.2. The van der Waals surface area contributed by atoms with Crippen LogP contribution in [0.15, 0.2) is 53.8 Å². The number of allylic oxidation sites excluding steroid dienone is 2. The Bertz CT molecular complexity index is 1670. The van der Waals surface area contributed by atoms with Crippen molar-refractivity contribution in [2.24, 2.45) is 5.92 Å². The van der Waals surface area contributed by atoms with Crippen LogP contribution in [-0.4, -0.2) is 43.2 Å². The standard InChI is InChI=1S/C29H29N7S/c1-18(23-12-21(13-31-14-23)11-20-5-8-30-9-6-20)3-4-25-19(2)27(36-35-25)29-33-26-16-32-15-24(28(26)34-29)22-7-10-37-17-22/h3-4,7,10,12-17,20,30,35H,2,5-6,8-9,11H2,1H3,(H,33,34)/b18-3+,25-4+. The lowest BCUT2D eigenvalue weighted by atomic mass is 9.91. The van der Waals surface area contributed by atoms with Gasteiger partial charge in [-0.15, -0.1) is 0 Å². The molecule has 0 aliphatic carbocycles. The molecule has 0 unspecified atom stereocenters. The number of aromatic nitrogens is 6. The Morgan fingerprint density at radius 2 is 2.03 bits per heavy atom. The Labute approximate surface area is 219 Å². The van der Waals surface area contributed by atoms with Crippen LogP contribution in [0.3, 0.4) is 0 Å². The van der Waals surface area contributed by atoms with Crippen molar-refractivity contribution in [3.8, 4) is 22.6 Å². The average Bonchev–Trinajstić information content (AvgIpc) is 3.68. The lowest BCUT2D eigenvalue weighted by Crippen LogP contribution is -2.28. The Morgan fingerprint density at radius 1 is 1.16 bits per heavy atom. The van der Waals surface area contributed by atoms with Gasteiger partial charge in [-0.2, -0.15) is 16.4 Å². The molecule has 1 saturated heterocycles. The van der Waals surface area contributed by atoms with E-state index in [2.05, 4.69) is 72.9 Å². The summed E-state index contributed by atoms with van der Waals surface area (Å²) in [7, 11) is 0. The van der Waals surface area contributed by atoms with Crippen molar-refractivity contribution in [1.82, 2.24) is 35.5 Å². The lowest BCUT2D eigenvalue weighted by molar-refractivity contribution is 0.372. The zero-order valence-corrected chi connectivity index (χ0v) is 21.6. The van der Waals surface area contributed by atoms with E-state index >= 15 is 0 Å². The summed E-state index contributed by atoms with van der Waals surface area (Å²) in [6, 6.07) is 4.35. The van der Waals surface area contributed by atoms with Crippen molar-refractivity contribution in [3.63, 3.8) is 0 Å². The zero-order valence-electron chi connectivity index (χ0n) is 20.8. The molecule has 0 saturated carbocycles. The van der Waals surface area contributed by atoms with Crippen molar-refractivity contribution in [1.29, 1.82) is 0 Å². The highest BCUT2D eigenvalue weighted by Gasteiger charge is 2.15. The fraction of sp³-hybridized carbons (Fsp3) is 0.241. The van der Waals surface area contributed by atoms with Crippen molar-refractivity contribution >= 4 is 40.6 Å². The van der Waals surface area contributed by atoms with Crippen LogP contribution in [0.4, 0.5) is 0 Å². The molecular formula is C29H29N7S. The fourth-order valence-corrected chi connectivity index (χ4v) is 5.58. The highest BCUT2D eigenvalue weighted by Crippen LogP contribution is 2.29. The summed E-state index contributed by atoms with van der Waals surface area (Å²) in [5.41, 5.74) is 8.16. The van der Waals surface area contributed by atoms with E-state index in [-0.39, 0.29) is 0 Å². The molecule has 0 spiro atoms. The van der Waals surface area contributed by atoms with Gasteiger partial charge >= 0.3 is 0 Å². The van der Waals surface area contributed by atoms with Crippen LogP contribution in [-0.2, 0) is 6.42 Å². The maximum Gasteiger partial charge on any atom is 0.159 e. The van der Waals surface area contributed by atoms with E-state index in [4.69, 9.17) is 4.98 Å². The molecule has 1 aliphatic rings. The summed E-state index contributed by atoms with van der Waals surface area (Å²) in [5, 5.41) is 16.9. The van der Waals surface area contributed by atoms with Gasteiger partial charge in [-0.3, -0.25) is 15.1 Å². The number of pyridine rings is 2. The number of piperidine rings is 1. The largest absolute Gasteiger partial charge is 0.335 e. The molecule has 0 atom stereocenters. The number of hydrogen-bond donors (Lipinski definition) is 3. The maximum absolute atomic E-state index is 4.86. The van der Waals surface area contributed by atoms with Gasteiger partial charge in [0.05, 0.1) is 17.1 Å². The Hall–Kier alpha value is -3.88. The van der Waals surface area contributed by atoms with Crippen LogP contribution in [0.5, 0.6) is 0 Å². The maximum atomic E-state index is 4.86. The van der Waals surface area contributed by atoms with Crippen LogP contribution >= 0.6 is 11.3 Å². The molecule has 186 valence electrons. The van der Waals surface area contributed by atoms with Gasteiger partial charge in [0, 0.05) is 29.4 Å². The first-order valence-corrected chi connectivity index (χ1v) is 13.5. The van der Waals surface area contributed by atoms with Crippen LogP contribution < -0.4 is 15.9 Å². The quantitative estimate of drug-likeness (QED) is 0.318. The molecule has 0 radical (unpaired) electrons. The van der Waals surface area contributed by atoms with Gasteiger partial charge in [0.1, 0.15) is 11.2 Å². The van der Waals surface area contributed by atoms with E-state index in [0.29, 0.717) is 11.5 Å². The second-order valence-electron chi connectivity index (χ2n) is 9.64. The molecule has 0 bridgehead atoms. The number of aromatic amines is 2. The smallest absolute Gasteiger partial charge is 0.159 e. The number of hydrogen-bond acceptors (Lipinski definition) is 6. The fourth-order valence-electron chi connectivity index (χ4n) is 4.93. The van der Waals surface area contributed by atoms with Gasteiger partial charge in [-0.25, -0.2) is 4.98 Å². The molecule has 0 aromatic carbocycles. The molecule has 1 fully saturated rings. The van der Waals surface area contributed by atoms with Crippen molar-refractivity contribution in [2.45, 2.75) is 26.2 Å². The Balaban J connectivity index is 1.27. The summed E-state index contributed by atoms with van der Waals surface area (Å²) >= 11 is 1.66. The number of rotatable bonds is 6. The normalized spacial score (nSPS) is 15.6. The number of nitrogens with zero attached hydrogens (tertiary/aromatic N) is 4. The molecule has 5 aromatic rings. The molecular weight excluding hydrogens is 478 g/mol. The van der Waals surface area contributed by atoms with Crippen molar-refractivity contribution in [2.75, 3.05) is 13.1 Å². The van der Waals surface area contributed by atoms with E-state index in [1.807, 2.05) is 24.7 Å². The number of nitrogens with one attached hydrogen (secondary N) is 3. The molecule has 37 heavy (non-hydrogen) atoms. The second-order valence-corrected chi connectivity index (χ2v) is 10.4. The topological polar surface area (TPSA) is 95.2 Å². The highest BCUT2D eigenvalue weighted by atomic mass is 32.1. The lowest BCUT2D eigenvalue weighted by Gasteiger charge is -2.22. The molecule has 3 N–H and O–H groups in total. The summed E-state index contributed by atoms with van der Waals surface area (Å²) in [6.07, 6.45) is 15.3. The third-order valence-corrected chi connectivity index (χ3v) is 7.77. The minimum atomic E-state index is 0.677. The van der Waals surface area contributed by atoms with Crippen molar-refractivity contribution < 1.29 is 0 Å². The highest BCUT2D eigenvalue weighted by molar-refractivity contribution is 7.08. The number of H-pyrrole nitrogens is 2. The van der Waals surface area contributed by atoms with E-state index in [1.54, 1.807) is 17.5 Å². The summed E-state index contributed by atoms with van der Waals surface area (Å²) in [5.74, 6) is 1.41. The number of thiophene rings is 1. The third kappa shape index (κ3) is 4.90. The Morgan fingerprint density at radius 3 is 2.86 bits per heavy atom. The first-order chi connectivity index (χ1) is 18.2. The minimum absolute atomic E-state index is 0.677. The molecule has 0 amide bonds. The molecule has 7 nitrogen and oxygen atoms in total. The van der Waals surface area contributed by atoms with Crippen LogP contribution in [0.25, 0.3) is 51.9 Å². The monoisotopic (exact) mass is 507 g/mol. The summed E-state index contributed by atoms with van der Waals surface area (Å²) in [4.78, 5) is 17.1. The number of imidazole rings is 1. The molecule has 1 aliphatic heterocycles. The number of fused-ring (bicyclic) bond motifs is 1. The molecule has 8 heteroatoms. The third-order valence-electron chi connectivity index (χ3n) is 7.08. The predicted molar refractivity (Wildman–Crippen MR) is 151 cm³/mol. The van der Waals surface area contributed by atoms with Gasteiger partial charge < -0.3 is 10.3 Å². The van der Waals surface area contributed by atoms with E-state index in [9.17, 15) is 0 Å². The van der Waals surface area contributed by atoms with Gasteiger partial charge in [-0.05, 0) is 96.4 Å². The average molecular weight is 508 g/mol. The van der Waals surface area contributed by atoms with E-state index in [0.717, 1.165) is 69.3 Å². The first kappa shape index (κ1) is 23.5. The van der Waals surface area contributed by atoms with Gasteiger partial charge in [-0.1, -0.05) is 12.7 Å². The van der Waals surface area contributed by atoms with Gasteiger partial charge in [0.25, 0.3) is 0 Å². The minimum Gasteiger partial charge on any atom is -0.335 e. The zero-order chi connectivity index (χ0) is 25.2. The van der Waals surface area contributed by atoms with E-state index < -0.39 is 0 Å². The van der Waals surface area contributed by atoms with E-state index in [1.165, 1.54) is 18.4 Å². The van der Waals surface area contributed by atoms with Crippen LogP contribution in [0.1, 0.15) is 30.9 Å². The van der Waals surface area contributed by atoms with Gasteiger partial charge in [0.2, 0.25) is 0 Å². The van der Waals surface area contributed by atoms with Crippen LogP contribution in [0, 0.1) is 5.92 Å². The summed E-state index contributed by atoms with van der Waals surface area (Å²) in [6.45, 7) is 8.63. The first-order valence-electron chi connectivity index (χ1n) is 12.6. The Kier molecular flexibility index (Phi) is 6.51. The molecule has 5 aromatic heterocycles. The predicted octanol–water partition coefficient (Wildman–Crippen LogP) is 4.31. The molecule has 6 rings (SSSR count). The SMILES string of the molecule is C=c1c(-c2nc3c(-c4ccsc4)cncc3[nH]2)n[nH]/c1=C/C=C(\C)c1cncc(CC2CCNCC2)c1. The van der Waals surface area contributed by atoms with Crippen molar-refractivity contribution in [3.05, 3.63) is 75.5 Å². The van der Waals surface area contributed by atoms with Gasteiger partial charge in [0.15, 0.2) is 5.82 Å².